The van der Waals surface area contributed by atoms with Crippen molar-refractivity contribution in [2.45, 2.75) is 32.7 Å². The topological polar surface area (TPSA) is 81.7 Å². The fourth-order valence-corrected chi connectivity index (χ4v) is 5.17. The first-order valence-corrected chi connectivity index (χ1v) is 13.6. The van der Waals surface area contributed by atoms with Gasteiger partial charge in [0.05, 0.1) is 21.7 Å². The van der Waals surface area contributed by atoms with Gasteiger partial charge in [0.15, 0.2) is 0 Å². The van der Waals surface area contributed by atoms with Gasteiger partial charge in [0.2, 0.25) is 0 Å². The molecule has 0 saturated carbocycles. The van der Waals surface area contributed by atoms with Crippen LogP contribution in [-0.4, -0.2) is 30.2 Å². The van der Waals surface area contributed by atoms with Crippen molar-refractivity contribution in [3.05, 3.63) is 108 Å². The Morgan fingerprint density at radius 3 is 2.55 bits per heavy atom. The number of nitrogens with zero attached hydrogens (tertiary/aromatic N) is 4. The van der Waals surface area contributed by atoms with Crippen LogP contribution < -0.4 is 4.74 Å². The summed E-state index contributed by atoms with van der Waals surface area (Å²) in [6.07, 6.45) is 5.56. The molecule has 0 aliphatic rings. The van der Waals surface area contributed by atoms with Gasteiger partial charge in [-0.1, -0.05) is 73.5 Å². The second-order valence-corrected chi connectivity index (χ2v) is 10.2. The molecule has 1 N–H and O–H groups in total. The predicted octanol–water partition coefficient (Wildman–Crippen LogP) is 8.12. The third-order valence-corrected chi connectivity index (χ3v) is 7.21. The molecule has 0 amide bonds. The molecule has 0 aliphatic carbocycles. The summed E-state index contributed by atoms with van der Waals surface area (Å²) >= 11 is 6.18. The van der Waals surface area contributed by atoms with Crippen LogP contribution in [0, 0.1) is 0 Å². The SMILES string of the molecule is CCCCc1nc2ccc(-c3cn4cc(Cl)ccc4n3)cc2n1Cc1ccc(-c2ccccc2OC(=O)O)cc1. The molecule has 0 fully saturated rings. The number of hydrogen-bond acceptors (Lipinski definition) is 4. The molecule has 6 rings (SSSR count). The standard InChI is InChI=1S/C32H27ClN4O3/c1-2-3-8-31-34-26-15-13-23(27-20-36-19-24(33)14-16-30(36)35-27)17-28(26)37(31)18-21-9-11-22(12-10-21)25-6-4-5-7-29(25)40-32(38)39/h4-7,9-17,19-20H,2-3,8,18H2,1H3,(H,38,39). The number of carboxylic acid groups (broad SMARTS) is 1. The van der Waals surface area contributed by atoms with Crippen LogP contribution in [0.25, 0.3) is 39.1 Å². The molecule has 8 heteroatoms. The van der Waals surface area contributed by atoms with E-state index < -0.39 is 6.16 Å². The predicted molar refractivity (Wildman–Crippen MR) is 157 cm³/mol. The van der Waals surface area contributed by atoms with Gasteiger partial charge in [0.1, 0.15) is 17.2 Å². The lowest BCUT2D eigenvalue weighted by Crippen LogP contribution is -2.06. The van der Waals surface area contributed by atoms with Crippen LogP contribution in [0.1, 0.15) is 31.2 Å². The number of unbranched alkanes of at least 4 members (excludes halogenated alkanes) is 1. The van der Waals surface area contributed by atoms with Crippen molar-refractivity contribution in [3.8, 4) is 28.1 Å². The third-order valence-electron chi connectivity index (χ3n) is 6.98. The maximum atomic E-state index is 11.1. The molecular formula is C32H27ClN4O3. The number of rotatable bonds is 8. The largest absolute Gasteiger partial charge is 0.511 e. The van der Waals surface area contributed by atoms with Gasteiger partial charge < -0.3 is 18.8 Å². The van der Waals surface area contributed by atoms with Crippen LogP contribution in [0.3, 0.4) is 0 Å². The van der Waals surface area contributed by atoms with Crippen LogP contribution >= 0.6 is 11.6 Å². The van der Waals surface area contributed by atoms with Crippen LogP contribution in [0.5, 0.6) is 5.75 Å². The number of benzene rings is 3. The Morgan fingerprint density at radius 1 is 0.950 bits per heavy atom. The molecule has 200 valence electrons. The highest BCUT2D eigenvalue weighted by Crippen LogP contribution is 2.31. The number of aryl methyl sites for hydroxylation is 1. The number of para-hydroxylation sites is 1. The summed E-state index contributed by atoms with van der Waals surface area (Å²) in [5.74, 6) is 1.37. The Bertz CT molecular complexity index is 1840. The summed E-state index contributed by atoms with van der Waals surface area (Å²) in [7, 11) is 0. The Kier molecular flexibility index (Phi) is 6.97. The number of halogens is 1. The van der Waals surface area contributed by atoms with Crippen LogP contribution in [0.4, 0.5) is 4.79 Å². The Balaban J connectivity index is 1.36. The molecular weight excluding hydrogens is 524 g/mol. The molecule has 6 aromatic rings. The lowest BCUT2D eigenvalue weighted by atomic mass is 10.0. The average Bonchev–Trinajstić information content (AvgIpc) is 3.53. The molecule has 0 unspecified atom stereocenters. The van der Waals surface area contributed by atoms with Crippen molar-refractivity contribution >= 4 is 34.4 Å². The van der Waals surface area contributed by atoms with Gasteiger partial charge in [-0.05, 0) is 47.9 Å². The molecule has 3 aromatic carbocycles. The van der Waals surface area contributed by atoms with Gasteiger partial charge in [-0.3, -0.25) is 0 Å². The number of aromatic nitrogens is 4. The molecule has 0 radical (unpaired) electrons. The minimum atomic E-state index is -1.33. The van der Waals surface area contributed by atoms with Gasteiger partial charge in [-0.2, -0.15) is 0 Å². The lowest BCUT2D eigenvalue weighted by Gasteiger charge is -2.12. The maximum absolute atomic E-state index is 11.1. The van der Waals surface area contributed by atoms with Gasteiger partial charge >= 0.3 is 6.16 Å². The van der Waals surface area contributed by atoms with E-state index in [1.807, 2.05) is 53.2 Å². The highest BCUT2D eigenvalue weighted by Gasteiger charge is 2.15. The Morgan fingerprint density at radius 2 is 1.75 bits per heavy atom. The number of hydrogen-bond donors (Lipinski definition) is 1. The summed E-state index contributed by atoms with van der Waals surface area (Å²) in [6, 6.07) is 25.3. The van der Waals surface area contributed by atoms with E-state index in [1.54, 1.807) is 12.1 Å². The zero-order valence-corrected chi connectivity index (χ0v) is 22.7. The van der Waals surface area contributed by atoms with E-state index in [2.05, 4.69) is 41.8 Å². The van der Waals surface area contributed by atoms with Gasteiger partial charge in [0.25, 0.3) is 0 Å². The minimum Gasteiger partial charge on any atom is -0.449 e. The van der Waals surface area contributed by atoms with E-state index in [9.17, 15) is 4.79 Å². The van der Waals surface area contributed by atoms with Crippen molar-refractivity contribution in [1.29, 1.82) is 0 Å². The van der Waals surface area contributed by atoms with E-state index in [1.165, 1.54) is 0 Å². The number of carbonyl (C=O) groups is 1. The molecule has 0 saturated heterocycles. The smallest absolute Gasteiger partial charge is 0.449 e. The van der Waals surface area contributed by atoms with E-state index >= 15 is 0 Å². The van der Waals surface area contributed by atoms with Crippen molar-refractivity contribution in [3.63, 3.8) is 0 Å². The first kappa shape index (κ1) is 25.6. The fraction of sp³-hybridized carbons (Fsp3) is 0.156. The van der Waals surface area contributed by atoms with Crippen LogP contribution in [0.2, 0.25) is 5.02 Å². The van der Waals surface area contributed by atoms with E-state index in [-0.39, 0.29) is 0 Å². The zero-order valence-electron chi connectivity index (χ0n) is 21.9. The number of fused-ring (bicyclic) bond motifs is 2. The lowest BCUT2D eigenvalue weighted by molar-refractivity contribution is 0.144. The fourth-order valence-electron chi connectivity index (χ4n) is 5.00. The monoisotopic (exact) mass is 550 g/mol. The van der Waals surface area contributed by atoms with Crippen LogP contribution in [0.15, 0.2) is 91.3 Å². The number of pyridine rings is 1. The number of imidazole rings is 2. The van der Waals surface area contributed by atoms with E-state index in [0.717, 1.165) is 69.7 Å². The molecule has 0 spiro atoms. The summed E-state index contributed by atoms with van der Waals surface area (Å²) in [5, 5.41) is 9.76. The van der Waals surface area contributed by atoms with Crippen molar-refractivity contribution in [2.24, 2.45) is 0 Å². The zero-order chi connectivity index (χ0) is 27.6. The van der Waals surface area contributed by atoms with Gasteiger partial charge in [-0.15, -0.1) is 0 Å². The Labute approximate surface area is 236 Å². The maximum Gasteiger partial charge on any atom is 0.511 e. The van der Waals surface area contributed by atoms with Crippen molar-refractivity contribution in [2.75, 3.05) is 0 Å². The molecule has 7 nitrogen and oxygen atoms in total. The molecule has 40 heavy (non-hydrogen) atoms. The molecule has 0 aliphatic heterocycles. The van der Waals surface area contributed by atoms with Crippen LogP contribution in [-0.2, 0) is 13.0 Å². The third kappa shape index (κ3) is 5.16. The molecule has 3 aromatic heterocycles. The quantitative estimate of drug-likeness (QED) is 0.153. The normalized spacial score (nSPS) is 11.3. The summed E-state index contributed by atoms with van der Waals surface area (Å²) < 4.78 is 9.21. The Hall–Kier alpha value is -4.62. The van der Waals surface area contributed by atoms with Crippen molar-refractivity contribution in [1.82, 2.24) is 18.9 Å². The summed E-state index contributed by atoms with van der Waals surface area (Å²) in [6.45, 7) is 2.85. The molecule has 3 heterocycles. The van der Waals surface area contributed by atoms with Crippen molar-refractivity contribution < 1.29 is 14.6 Å². The minimum absolute atomic E-state index is 0.312. The average molecular weight is 551 g/mol. The highest BCUT2D eigenvalue weighted by molar-refractivity contribution is 6.30. The molecule has 0 bridgehead atoms. The second kappa shape index (κ2) is 10.9. The molecule has 0 atom stereocenters. The van der Waals surface area contributed by atoms with Gasteiger partial charge in [-0.25, -0.2) is 14.8 Å². The highest BCUT2D eigenvalue weighted by atomic mass is 35.5. The summed E-state index contributed by atoms with van der Waals surface area (Å²) in [4.78, 5) is 20.9. The van der Waals surface area contributed by atoms with E-state index in [0.29, 0.717) is 17.3 Å². The van der Waals surface area contributed by atoms with Gasteiger partial charge in [0, 0.05) is 36.5 Å². The number of ether oxygens (including phenoxy) is 1. The van der Waals surface area contributed by atoms with E-state index in [4.69, 9.17) is 31.4 Å². The second-order valence-electron chi connectivity index (χ2n) is 9.72. The summed E-state index contributed by atoms with van der Waals surface area (Å²) in [5.41, 5.74) is 7.47. The first-order chi connectivity index (χ1) is 19.5. The first-order valence-electron chi connectivity index (χ1n) is 13.2.